The van der Waals surface area contributed by atoms with Crippen molar-refractivity contribution in [2.75, 3.05) is 33.7 Å². The topological polar surface area (TPSA) is 23.6 Å². The molecule has 98 valence electrons. The van der Waals surface area contributed by atoms with E-state index in [0.717, 1.165) is 30.6 Å². The molecule has 1 aromatic rings. The van der Waals surface area contributed by atoms with Crippen LogP contribution >= 0.6 is 0 Å². The molecule has 0 bridgehead atoms. The van der Waals surface area contributed by atoms with Crippen LogP contribution in [0.5, 0.6) is 0 Å². The fourth-order valence-electron chi connectivity index (χ4n) is 2.55. The number of carbonyl (C=O) groups is 1. The van der Waals surface area contributed by atoms with Crippen LogP contribution in [0.1, 0.15) is 22.3 Å². The highest BCUT2D eigenvalue weighted by molar-refractivity contribution is 5.98. The van der Waals surface area contributed by atoms with Gasteiger partial charge in [-0.2, -0.15) is 0 Å². The smallest absolute Gasteiger partial charge is 0.177 e. The summed E-state index contributed by atoms with van der Waals surface area (Å²) in [6.07, 6.45) is 1.16. The normalized spacial score (nSPS) is 20.6. The molecule has 18 heavy (non-hydrogen) atoms. The lowest BCUT2D eigenvalue weighted by Gasteiger charge is -2.20. The van der Waals surface area contributed by atoms with Gasteiger partial charge >= 0.3 is 0 Å². The zero-order valence-electron chi connectivity index (χ0n) is 11.5. The molecule has 1 aliphatic rings. The summed E-state index contributed by atoms with van der Waals surface area (Å²) in [7, 11) is 4.22. The minimum Gasteiger partial charge on any atom is -0.305 e. The van der Waals surface area contributed by atoms with Gasteiger partial charge < -0.3 is 4.90 Å². The molecule has 1 atom stereocenters. The molecule has 1 fully saturated rings. The van der Waals surface area contributed by atoms with E-state index >= 15 is 0 Å². The fraction of sp³-hybridized carbons (Fsp3) is 0.533. The van der Waals surface area contributed by atoms with Crippen LogP contribution in [0.2, 0.25) is 0 Å². The van der Waals surface area contributed by atoms with E-state index < -0.39 is 0 Å². The second kappa shape index (κ2) is 5.63. The van der Waals surface area contributed by atoms with E-state index in [1.165, 1.54) is 0 Å². The average molecular weight is 246 g/mol. The van der Waals surface area contributed by atoms with E-state index in [9.17, 15) is 4.79 Å². The van der Waals surface area contributed by atoms with Crippen molar-refractivity contribution in [2.24, 2.45) is 0 Å². The third kappa shape index (κ3) is 2.98. The largest absolute Gasteiger partial charge is 0.305 e. The standard InChI is InChI=1S/C15H22N2O/c1-12-6-4-5-7-14(12)15(18)11-17-9-8-13(10-17)16(2)3/h4-7,13H,8-11H2,1-3H3. The molecular weight excluding hydrogens is 224 g/mol. The van der Waals surface area contributed by atoms with Crippen molar-refractivity contribution in [3.8, 4) is 0 Å². The first kappa shape index (κ1) is 13.2. The molecule has 1 unspecified atom stereocenters. The third-order valence-corrected chi connectivity index (χ3v) is 3.79. The van der Waals surface area contributed by atoms with Crippen molar-refractivity contribution in [1.82, 2.24) is 9.80 Å². The molecule has 3 nitrogen and oxygen atoms in total. The Hall–Kier alpha value is -1.19. The van der Waals surface area contributed by atoms with E-state index in [4.69, 9.17) is 0 Å². The number of rotatable bonds is 4. The lowest BCUT2D eigenvalue weighted by atomic mass is 10.0. The van der Waals surface area contributed by atoms with Gasteiger partial charge in [0, 0.05) is 24.7 Å². The summed E-state index contributed by atoms with van der Waals surface area (Å²) in [5.41, 5.74) is 1.94. The Morgan fingerprint density at radius 3 is 2.72 bits per heavy atom. The molecule has 3 heteroatoms. The van der Waals surface area contributed by atoms with Gasteiger partial charge in [0.1, 0.15) is 0 Å². The summed E-state index contributed by atoms with van der Waals surface area (Å²) < 4.78 is 0. The van der Waals surface area contributed by atoms with Gasteiger partial charge in [0.05, 0.1) is 6.54 Å². The number of likely N-dealkylation sites (N-methyl/N-ethyl adjacent to an activating group) is 1. The molecule has 0 amide bonds. The summed E-state index contributed by atoms with van der Waals surface area (Å²) in [6.45, 7) is 4.58. The average Bonchev–Trinajstić information content (AvgIpc) is 2.78. The fourth-order valence-corrected chi connectivity index (χ4v) is 2.55. The Kier molecular flexibility index (Phi) is 4.15. The number of Topliss-reactive ketones (excluding diaryl/α,β-unsaturated/α-hetero) is 1. The highest BCUT2D eigenvalue weighted by atomic mass is 16.1. The molecule has 1 aromatic carbocycles. The molecule has 0 radical (unpaired) electrons. The van der Waals surface area contributed by atoms with Gasteiger partial charge in [0.2, 0.25) is 0 Å². The van der Waals surface area contributed by atoms with Crippen LogP contribution in [0.25, 0.3) is 0 Å². The number of likely N-dealkylation sites (tertiary alicyclic amines) is 1. The molecular formula is C15H22N2O. The van der Waals surface area contributed by atoms with Crippen LogP contribution < -0.4 is 0 Å². The first-order valence-electron chi connectivity index (χ1n) is 6.55. The second-order valence-electron chi connectivity index (χ2n) is 5.38. The molecule has 0 aromatic heterocycles. The van der Waals surface area contributed by atoms with Crippen LogP contribution in [0.3, 0.4) is 0 Å². The molecule has 2 rings (SSSR count). The second-order valence-corrected chi connectivity index (χ2v) is 5.38. The number of carbonyl (C=O) groups excluding carboxylic acids is 1. The van der Waals surface area contributed by atoms with Crippen molar-refractivity contribution in [3.05, 3.63) is 35.4 Å². The molecule has 1 saturated heterocycles. The van der Waals surface area contributed by atoms with Crippen LogP contribution in [0.15, 0.2) is 24.3 Å². The van der Waals surface area contributed by atoms with Crippen LogP contribution in [-0.2, 0) is 0 Å². The van der Waals surface area contributed by atoms with Gasteiger partial charge in [0.15, 0.2) is 5.78 Å². The minimum absolute atomic E-state index is 0.243. The first-order valence-corrected chi connectivity index (χ1v) is 6.55. The first-order chi connectivity index (χ1) is 8.58. The Labute approximate surface area is 109 Å². The van der Waals surface area contributed by atoms with Crippen molar-refractivity contribution < 1.29 is 4.79 Å². The SMILES string of the molecule is Cc1ccccc1C(=O)CN1CCC(N(C)C)C1. The molecule has 1 heterocycles. The van der Waals surface area contributed by atoms with E-state index in [0.29, 0.717) is 12.6 Å². The highest BCUT2D eigenvalue weighted by Crippen LogP contribution is 2.15. The maximum absolute atomic E-state index is 12.2. The van der Waals surface area contributed by atoms with Gasteiger partial charge in [-0.15, -0.1) is 0 Å². The summed E-state index contributed by atoms with van der Waals surface area (Å²) in [6, 6.07) is 8.43. The Morgan fingerprint density at radius 2 is 2.11 bits per heavy atom. The van der Waals surface area contributed by atoms with E-state index in [1.54, 1.807) is 0 Å². The number of nitrogens with zero attached hydrogens (tertiary/aromatic N) is 2. The Balaban J connectivity index is 1.95. The summed E-state index contributed by atoms with van der Waals surface area (Å²) in [5.74, 6) is 0.243. The third-order valence-electron chi connectivity index (χ3n) is 3.79. The summed E-state index contributed by atoms with van der Waals surface area (Å²) in [4.78, 5) is 16.8. The number of hydrogen-bond acceptors (Lipinski definition) is 3. The van der Waals surface area contributed by atoms with Crippen LogP contribution in [0.4, 0.5) is 0 Å². The number of ketones is 1. The maximum Gasteiger partial charge on any atom is 0.177 e. The molecule has 0 aliphatic carbocycles. The van der Waals surface area contributed by atoms with E-state index in [-0.39, 0.29) is 5.78 Å². The van der Waals surface area contributed by atoms with Gasteiger partial charge in [-0.3, -0.25) is 9.69 Å². The predicted octanol–water partition coefficient (Wildman–Crippen LogP) is 1.81. The highest BCUT2D eigenvalue weighted by Gasteiger charge is 2.25. The van der Waals surface area contributed by atoms with Gasteiger partial charge in [0.25, 0.3) is 0 Å². The number of benzene rings is 1. The molecule has 0 saturated carbocycles. The molecule has 1 aliphatic heterocycles. The minimum atomic E-state index is 0.243. The lowest BCUT2D eigenvalue weighted by Crippen LogP contribution is -2.33. The van der Waals surface area contributed by atoms with Crippen LogP contribution in [-0.4, -0.2) is 55.4 Å². The lowest BCUT2D eigenvalue weighted by molar-refractivity contribution is 0.0941. The number of aryl methyl sites for hydroxylation is 1. The van der Waals surface area contributed by atoms with E-state index in [1.807, 2.05) is 31.2 Å². The van der Waals surface area contributed by atoms with Gasteiger partial charge in [-0.05, 0) is 33.0 Å². The quantitative estimate of drug-likeness (QED) is 0.757. The van der Waals surface area contributed by atoms with Crippen molar-refractivity contribution in [1.29, 1.82) is 0 Å². The van der Waals surface area contributed by atoms with Gasteiger partial charge in [-0.25, -0.2) is 0 Å². The Bertz CT molecular complexity index is 428. The monoisotopic (exact) mass is 246 g/mol. The zero-order valence-corrected chi connectivity index (χ0v) is 11.5. The predicted molar refractivity (Wildman–Crippen MR) is 74.0 cm³/mol. The maximum atomic E-state index is 12.2. The summed E-state index contributed by atoms with van der Waals surface area (Å²) >= 11 is 0. The van der Waals surface area contributed by atoms with Crippen molar-refractivity contribution in [3.63, 3.8) is 0 Å². The molecule has 0 spiro atoms. The van der Waals surface area contributed by atoms with Crippen LogP contribution in [0, 0.1) is 6.92 Å². The van der Waals surface area contributed by atoms with Gasteiger partial charge in [-0.1, -0.05) is 24.3 Å². The van der Waals surface area contributed by atoms with Crippen molar-refractivity contribution >= 4 is 5.78 Å². The molecule has 0 N–H and O–H groups in total. The number of hydrogen-bond donors (Lipinski definition) is 0. The zero-order chi connectivity index (χ0) is 13.1. The summed E-state index contributed by atoms with van der Waals surface area (Å²) in [5, 5.41) is 0. The van der Waals surface area contributed by atoms with E-state index in [2.05, 4.69) is 23.9 Å². The Morgan fingerprint density at radius 1 is 1.39 bits per heavy atom. The van der Waals surface area contributed by atoms with Crippen molar-refractivity contribution in [2.45, 2.75) is 19.4 Å².